The molecule has 0 aliphatic carbocycles. The molecule has 1 aliphatic heterocycles. The third-order valence-electron chi connectivity index (χ3n) is 5.44. The normalized spacial score (nSPS) is 18.0. The molecule has 31 heavy (non-hydrogen) atoms. The number of hydrogen-bond donors (Lipinski definition) is 1. The quantitative estimate of drug-likeness (QED) is 0.618. The molecular weight excluding hydrogens is 412 g/mol. The van der Waals surface area contributed by atoms with Crippen molar-refractivity contribution in [3.8, 4) is 5.69 Å². The highest BCUT2D eigenvalue weighted by molar-refractivity contribution is 7.94. The third kappa shape index (κ3) is 4.78. The lowest BCUT2D eigenvalue weighted by Crippen LogP contribution is -2.45. The number of rotatable bonds is 7. The fourth-order valence-corrected chi connectivity index (χ4v) is 5.19. The van der Waals surface area contributed by atoms with Gasteiger partial charge in [0.1, 0.15) is 0 Å². The molecule has 2 heterocycles. The zero-order valence-electron chi connectivity index (χ0n) is 16.9. The first-order valence-electron chi connectivity index (χ1n) is 10.1. The van der Waals surface area contributed by atoms with Crippen molar-refractivity contribution in [3.63, 3.8) is 0 Å². The second-order valence-corrected chi connectivity index (χ2v) is 9.50. The Morgan fingerprint density at radius 3 is 2.29 bits per heavy atom. The maximum atomic E-state index is 13.4. The van der Waals surface area contributed by atoms with Crippen LogP contribution in [0.1, 0.15) is 17.2 Å². The molecule has 3 aromatic rings. The predicted octanol–water partition coefficient (Wildman–Crippen LogP) is 2.89. The zero-order chi connectivity index (χ0) is 21.8. The van der Waals surface area contributed by atoms with E-state index in [-0.39, 0.29) is 24.7 Å². The van der Waals surface area contributed by atoms with Crippen LogP contribution in [0.3, 0.4) is 0 Å². The van der Waals surface area contributed by atoms with E-state index < -0.39 is 21.9 Å². The molecule has 0 saturated carbocycles. The molecule has 4 rings (SSSR count). The second kappa shape index (κ2) is 8.91. The SMILES string of the molecule is O=C(Cc1ccc(-n2cccc2)cc1)N(C1C=CS(=O)(=O)C1)C(CO)c1ccccc1. The highest BCUT2D eigenvalue weighted by Gasteiger charge is 2.35. The molecule has 7 heteroatoms. The van der Waals surface area contributed by atoms with E-state index in [2.05, 4.69) is 0 Å². The van der Waals surface area contributed by atoms with Gasteiger partial charge in [-0.25, -0.2) is 8.42 Å². The highest BCUT2D eigenvalue weighted by Crippen LogP contribution is 2.28. The van der Waals surface area contributed by atoms with Crippen LogP contribution in [0.15, 0.2) is 90.6 Å². The van der Waals surface area contributed by atoms with E-state index >= 15 is 0 Å². The van der Waals surface area contributed by atoms with Crippen LogP contribution in [0.5, 0.6) is 0 Å². The van der Waals surface area contributed by atoms with Crippen LogP contribution in [0.4, 0.5) is 0 Å². The van der Waals surface area contributed by atoms with Crippen molar-refractivity contribution in [1.29, 1.82) is 0 Å². The lowest BCUT2D eigenvalue weighted by molar-refractivity contribution is -0.135. The van der Waals surface area contributed by atoms with E-state index in [0.29, 0.717) is 0 Å². The highest BCUT2D eigenvalue weighted by atomic mass is 32.2. The molecule has 6 nitrogen and oxygen atoms in total. The molecule has 0 bridgehead atoms. The summed E-state index contributed by atoms with van der Waals surface area (Å²) in [4.78, 5) is 14.9. The van der Waals surface area contributed by atoms with Gasteiger partial charge in [0.05, 0.1) is 30.9 Å². The van der Waals surface area contributed by atoms with Crippen LogP contribution in [0, 0.1) is 0 Å². The lowest BCUT2D eigenvalue weighted by atomic mass is 10.0. The maximum absolute atomic E-state index is 13.4. The Morgan fingerprint density at radius 1 is 1.03 bits per heavy atom. The topological polar surface area (TPSA) is 79.6 Å². The van der Waals surface area contributed by atoms with Gasteiger partial charge in [0, 0.05) is 23.5 Å². The Bertz CT molecular complexity index is 1150. The first-order chi connectivity index (χ1) is 15.0. The van der Waals surface area contributed by atoms with Crippen molar-refractivity contribution in [3.05, 3.63) is 102 Å². The van der Waals surface area contributed by atoms with Crippen molar-refractivity contribution >= 4 is 15.7 Å². The number of nitrogens with zero attached hydrogens (tertiary/aromatic N) is 2. The number of benzene rings is 2. The van der Waals surface area contributed by atoms with E-state index in [1.807, 2.05) is 83.7 Å². The van der Waals surface area contributed by atoms with E-state index in [1.54, 1.807) is 0 Å². The average Bonchev–Trinajstić information content (AvgIpc) is 3.42. The Kier molecular flexibility index (Phi) is 6.06. The number of hydrogen-bond acceptors (Lipinski definition) is 4. The van der Waals surface area contributed by atoms with Crippen LogP contribution in [-0.4, -0.2) is 47.3 Å². The van der Waals surface area contributed by atoms with Gasteiger partial charge in [-0.2, -0.15) is 0 Å². The summed E-state index contributed by atoms with van der Waals surface area (Å²) in [5.74, 6) is -0.405. The summed E-state index contributed by atoms with van der Waals surface area (Å²) in [6.45, 7) is -0.299. The Balaban J connectivity index is 1.60. The number of aromatic nitrogens is 1. The van der Waals surface area contributed by atoms with Gasteiger partial charge in [-0.3, -0.25) is 4.79 Å². The van der Waals surface area contributed by atoms with Gasteiger partial charge in [0.25, 0.3) is 0 Å². The molecule has 2 unspecified atom stereocenters. The minimum atomic E-state index is -3.36. The fraction of sp³-hybridized carbons (Fsp3) is 0.208. The number of aliphatic hydroxyl groups excluding tert-OH is 1. The number of aliphatic hydroxyl groups is 1. The minimum Gasteiger partial charge on any atom is -0.394 e. The third-order valence-corrected chi connectivity index (χ3v) is 6.82. The summed E-state index contributed by atoms with van der Waals surface area (Å²) in [7, 11) is -3.36. The molecule has 1 N–H and O–H groups in total. The van der Waals surface area contributed by atoms with Gasteiger partial charge >= 0.3 is 0 Å². The molecule has 0 spiro atoms. The summed E-state index contributed by atoms with van der Waals surface area (Å²) < 4.78 is 26.0. The first-order valence-corrected chi connectivity index (χ1v) is 11.8. The van der Waals surface area contributed by atoms with Crippen molar-refractivity contribution in [2.24, 2.45) is 0 Å². The number of carbonyl (C=O) groups is 1. The van der Waals surface area contributed by atoms with Crippen LogP contribution < -0.4 is 0 Å². The predicted molar refractivity (Wildman–Crippen MR) is 119 cm³/mol. The second-order valence-electron chi connectivity index (χ2n) is 7.57. The molecule has 1 amide bonds. The minimum absolute atomic E-state index is 0.111. The summed E-state index contributed by atoms with van der Waals surface area (Å²) in [5, 5.41) is 11.3. The van der Waals surface area contributed by atoms with E-state index in [1.165, 1.54) is 11.0 Å². The van der Waals surface area contributed by atoms with E-state index in [0.717, 1.165) is 22.2 Å². The molecule has 1 aromatic heterocycles. The van der Waals surface area contributed by atoms with Crippen molar-refractivity contribution in [2.45, 2.75) is 18.5 Å². The number of carbonyl (C=O) groups excluding carboxylic acids is 1. The molecule has 160 valence electrons. The monoisotopic (exact) mass is 436 g/mol. The molecule has 0 radical (unpaired) electrons. The summed E-state index contributed by atoms with van der Waals surface area (Å²) in [5.41, 5.74) is 2.57. The molecule has 2 aromatic carbocycles. The van der Waals surface area contributed by atoms with Crippen LogP contribution in [-0.2, 0) is 21.1 Å². The molecule has 1 aliphatic rings. The van der Waals surface area contributed by atoms with E-state index in [9.17, 15) is 18.3 Å². The molecule has 0 fully saturated rings. The van der Waals surface area contributed by atoms with Crippen LogP contribution in [0.25, 0.3) is 5.69 Å². The summed E-state index contributed by atoms with van der Waals surface area (Å²) in [6, 6.07) is 19.5. The first kappa shape index (κ1) is 21.1. The molecular formula is C24H24N2O4S. The zero-order valence-corrected chi connectivity index (χ0v) is 17.7. The summed E-state index contributed by atoms with van der Waals surface area (Å²) in [6.07, 6.45) is 5.54. The Hall–Kier alpha value is -3.16. The van der Waals surface area contributed by atoms with Gasteiger partial charge in [0.2, 0.25) is 5.91 Å². The maximum Gasteiger partial charge on any atom is 0.228 e. The largest absolute Gasteiger partial charge is 0.394 e. The Morgan fingerprint density at radius 2 is 1.71 bits per heavy atom. The van der Waals surface area contributed by atoms with Gasteiger partial charge in [-0.1, -0.05) is 42.5 Å². The van der Waals surface area contributed by atoms with Crippen molar-refractivity contribution in [1.82, 2.24) is 9.47 Å². The van der Waals surface area contributed by atoms with Crippen molar-refractivity contribution in [2.75, 3.05) is 12.4 Å². The van der Waals surface area contributed by atoms with Gasteiger partial charge in [0.15, 0.2) is 9.84 Å². The van der Waals surface area contributed by atoms with Crippen LogP contribution in [0.2, 0.25) is 0 Å². The van der Waals surface area contributed by atoms with Gasteiger partial charge < -0.3 is 14.6 Å². The molecule has 2 atom stereocenters. The average molecular weight is 437 g/mol. The fourth-order valence-electron chi connectivity index (χ4n) is 3.91. The standard InChI is InChI=1S/C24H24N2O4S/c27-17-23(20-6-2-1-3-7-20)26(22-12-15-31(29,30)18-22)24(28)16-19-8-10-21(11-9-19)25-13-4-5-14-25/h1-15,22-23,27H,16-18H2. The smallest absolute Gasteiger partial charge is 0.228 e. The van der Waals surface area contributed by atoms with Gasteiger partial charge in [-0.05, 0) is 41.5 Å². The number of sulfone groups is 1. The number of amides is 1. The van der Waals surface area contributed by atoms with Gasteiger partial charge in [-0.15, -0.1) is 0 Å². The molecule has 0 saturated heterocycles. The van der Waals surface area contributed by atoms with Crippen LogP contribution >= 0.6 is 0 Å². The Labute approximate surface area is 182 Å². The van der Waals surface area contributed by atoms with Crippen molar-refractivity contribution < 1.29 is 18.3 Å². The lowest BCUT2D eigenvalue weighted by Gasteiger charge is -2.35. The van der Waals surface area contributed by atoms with E-state index in [4.69, 9.17) is 0 Å². The summed E-state index contributed by atoms with van der Waals surface area (Å²) >= 11 is 0.